The van der Waals surface area contributed by atoms with Gasteiger partial charge in [-0.3, -0.25) is 0 Å². The van der Waals surface area contributed by atoms with Gasteiger partial charge in [0, 0.05) is 24.1 Å². The zero-order valence-electron chi connectivity index (χ0n) is 11.2. The Morgan fingerprint density at radius 1 is 1.26 bits per heavy atom. The van der Waals surface area contributed by atoms with Crippen molar-refractivity contribution in [2.24, 2.45) is 0 Å². The number of aromatic nitrogens is 2. The van der Waals surface area contributed by atoms with Gasteiger partial charge in [0.15, 0.2) is 11.6 Å². The predicted molar refractivity (Wildman–Crippen MR) is 74.7 cm³/mol. The number of nitrogens with two attached hydrogens (primary N) is 1. The first-order chi connectivity index (χ1) is 9.26. The Morgan fingerprint density at radius 3 is 2.74 bits per heavy atom. The first-order valence-corrected chi connectivity index (χ1v) is 7.00. The van der Waals surface area contributed by atoms with E-state index in [1.807, 2.05) is 18.2 Å². The second-order valence-corrected chi connectivity index (χ2v) is 5.14. The van der Waals surface area contributed by atoms with Gasteiger partial charge in [0.05, 0.1) is 0 Å². The second-order valence-electron chi connectivity index (χ2n) is 5.14. The molecule has 1 aliphatic carbocycles. The van der Waals surface area contributed by atoms with Gasteiger partial charge in [-0.15, -0.1) is 0 Å². The molecule has 19 heavy (non-hydrogen) atoms. The van der Waals surface area contributed by atoms with Crippen molar-refractivity contribution in [2.45, 2.75) is 44.9 Å². The maximum atomic E-state index is 5.91. The number of furan rings is 1. The van der Waals surface area contributed by atoms with Crippen LogP contribution in [-0.4, -0.2) is 9.97 Å². The zero-order valence-corrected chi connectivity index (χ0v) is 11.2. The van der Waals surface area contributed by atoms with Crippen LogP contribution in [0, 0.1) is 0 Å². The van der Waals surface area contributed by atoms with Crippen molar-refractivity contribution in [3.63, 3.8) is 0 Å². The van der Waals surface area contributed by atoms with E-state index < -0.39 is 0 Å². The van der Waals surface area contributed by atoms with E-state index in [2.05, 4.69) is 16.9 Å². The molecule has 0 aliphatic heterocycles. The molecular weight excluding hydrogens is 238 g/mol. The normalized spacial score (nSPS) is 16.1. The Kier molecular flexibility index (Phi) is 3.23. The minimum absolute atomic E-state index is 0.529. The van der Waals surface area contributed by atoms with Crippen LogP contribution in [0.4, 0.5) is 5.82 Å². The molecule has 3 rings (SSSR count). The molecule has 0 amide bonds. The third-order valence-corrected chi connectivity index (χ3v) is 3.77. The maximum Gasteiger partial charge on any atom is 0.197 e. The second kappa shape index (κ2) is 5.03. The largest absolute Gasteiger partial charge is 0.458 e. The van der Waals surface area contributed by atoms with Gasteiger partial charge >= 0.3 is 0 Å². The van der Waals surface area contributed by atoms with Crippen LogP contribution in [0.1, 0.15) is 50.0 Å². The summed E-state index contributed by atoms with van der Waals surface area (Å²) < 4.78 is 5.71. The Morgan fingerprint density at radius 2 is 2.05 bits per heavy atom. The molecule has 4 nitrogen and oxygen atoms in total. The summed E-state index contributed by atoms with van der Waals surface area (Å²) >= 11 is 0. The van der Waals surface area contributed by atoms with Gasteiger partial charge in [-0.05, 0) is 25.0 Å². The van der Waals surface area contributed by atoms with Gasteiger partial charge in [-0.25, -0.2) is 9.97 Å². The summed E-state index contributed by atoms with van der Waals surface area (Å²) in [7, 11) is 0. The average molecular weight is 257 g/mol. The van der Waals surface area contributed by atoms with Crippen LogP contribution in [0.3, 0.4) is 0 Å². The van der Waals surface area contributed by atoms with Crippen LogP contribution in [0.2, 0.25) is 0 Å². The van der Waals surface area contributed by atoms with Crippen LogP contribution in [0.15, 0.2) is 22.6 Å². The third kappa shape index (κ3) is 2.48. The number of hydrogen-bond acceptors (Lipinski definition) is 4. The molecule has 2 aromatic rings. The van der Waals surface area contributed by atoms with Gasteiger partial charge < -0.3 is 10.2 Å². The molecule has 0 unspecified atom stereocenters. The van der Waals surface area contributed by atoms with Gasteiger partial charge in [-0.2, -0.15) is 0 Å². The lowest BCUT2D eigenvalue weighted by molar-refractivity contribution is 0.525. The van der Waals surface area contributed by atoms with E-state index in [4.69, 9.17) is 10.2 Å². The number of rotatable bonds is 3. The van der Waals surface area contributed by atoms with Crippen molar-refractivity contribution in [1.82, 2.24) is 9.97 Å². The van der Waals surface area contributed by atoms with Crippen molar-refractivity contribution >= 4 is 5.82 Å². The molecule has 100 valence electrons. The molecule has 0 spiro atoms. The summed E-state index contributed by atoms with van der Waals surface area (Å²) in [6, 6.07) is 5.80. The van der Waals surface area contributed by atoms with E-state index in [0.717, 1.165) is 17.9 Å². The predicted octanol–water partition coefficient (Wildman–Crippen LogP) is 3.54. The Hall–Kier alpha value is -1.84. The van der Waals surface area contributed by atoms with Crippen LogP contribution in [0.5, 0.6) is 0 Å². The molecule has 4 heteroatoms. The van der Waals surface area contributed by atoms with Gasteiger partial charge in [-0.1, -0.05) is 19.8 Å². The van der Waals surface area contributed by atoms with Gasteiger partial charge in [0.1, 0.15) is 11.6 Å². The fourth-order valence-electron chi connectivity index (χ4n) is 2.71. The molecule has 0 aromatic carbocycles. The lowest BCUT2D eigenvalue weighted by Crippen LogP contribution is -2.03. The van der Waals surface area contributed by atoms with E-state index in [-0.39, 0.29) is 0 Å². The van der Waals surface area contributed by atoms with Crippen LogP contribution < -0.4 is 5.73 Å². The quantitative estimate of drug-likeness (QED) is 0.913. The highest BCUT2D eigenvalue weighted by Gasteiger charge is 2.20. The first-order valence-electron chi connectivity index (χ1n) is 7.00. The molecule has 2 heterocycles. The molecule has 1 fully saturated rings. The molecule has 2 N–H and O–H groups in total. The summed E-state index contributed by atoms with van der Waals surface area (Å²) in [6.45, 7) is 2.06. The molecule has 1 saturated carbocycles. The molecule has 0 atom stereocenters. The highest BCUT2D eigenvalue weighted by atomic mass is 16.3. The zero-order chi connectivity index (χ0) is 13.2. The molecular formula is C15H19N3O. The summed E-state index contributed by atoms with van der Waals surface area (Å²) in [5, 5.41) is 0. The fraction of sp³-hybridized carbons (Fsp3) is 0.467. The van der Waals surface area contributed by atoms with Crippen molar-refractivity contribution in [1.29, 1.82) is 0 Å². The van der Waals surface area contributed by atoms with Crippen LogP contribution in [0.25, 0.3) is 11.6 Å². The van der Waals surface area contributed by atoms with E-state index in [9.17, 15) is 0 Å². The van der Waals surface area contributed by atoms with Crippen molar-refractivity contribution in [3.8, 4) is 11.6 Å². The molecule has 0 radical (unpaired) electrons. The van der Waals surface area contributed by atoms with E-state index in [0.29, 0.717) is 23.3 Å². The first kappa shape index (κ1) is 12.2. The number of nitrogen functional groups attached to an aromatic ring is 1. The fourth-order valence-corrected chi connectivity index (χ4v) is 2.71. The Bertz CT molecular complexity index is 571. The molecule has 0 saturated heterocycles. The van der Waals surface area contributed by atoms with Crippen LogP contribution >= 0.6 is 0 Å². The highest BCUT2D eigenvalue weighted by Crippen LogP contribution is 2.34. The Balaban J connectivity index is 1.96. The maximum absolute atomic E-state index is 5.91. The molecule has 0 bridgehead atoms. The summed E-state index contributed by atoms with van der Waals surface area (Å²) in [5.41, 5.74) is 6.98. The highest BCUT2D eigenvalue weighted by molar-refractivity contribution is 5.51. The summed E-state index contributed by atoms with van der Waals surface area (Å²) in [6.07, 6.45) is 5.84. The SMILES string of the molecule is CCc1ccc(-c2nc(N)cc(C3CCCC3)n2)o1. The number of hydrogen-bond donors (Lipinski definition) is 1. The van der Waals surface area contributed by atoms with Crippen molar-refractivity contribution in [3.05, 3.63) is 29.7 Å². The van der Waals surface area contributed by atoms with Crippen molar-refractivity contribution in [2.75, 3.05) is 5.73 Å². The lowest BCUT2D eigenvalue weighted by atomic mass is 10.0. The topological polar surface area (TPSA) is 64.9 Å². The van der Waals surface area contributed by atoms with E-state index in [1.165, 1.54) is 25.7 Å². The summed E-state index contributed by atoms with van der Waals surface area (Å²) in [4.78, 5) is 8.94. The minimum Gasteiger partial charge on any atom is -0.458 e. The summed E-state index contributed by atoms with van der Waals surface area (Å²) in [5.74, 6) is 3.33. The number of aryl methyl sites for hydroxylation is 1. The van der Waals surface area contributed by atoms with E-state index in [1.54, 1.807) is 0 Å². The minimum atomic E-state index is 0.529. The molecule has 2 aromatic heterocycles. The van der Waals surface area contributed by atoms with Crippen molar-refractivity contribution < 1.29 is 4.42 Å². The smallest absolute Gasteiger partial charge is 0.197 e. The van der Waals surface area contributed by atoms with Gasteiger partial charge in [0.2, 0.25) is 0 Å². The third-order valence-electron chi connectivity index (χ3n) is 3.77. The number of anilines is 1. The monoisotopic (exact) mass is 257 g/mol. The van der Waals surface area contributed by atoms with Gasteiger partial charge in [0.25, 0.3) is 0 Å². The van der Waals surface area contributed by atoms with Crippen LogP contribution in [-0.2, 0) is 6.42 Å². The van der Waals surface area contributed by atoms with E-state index >= 15 is 0 Å². The lowest BCUT2D eigenvalue weighted by Gasteiger charge is -2.10. The standard InChI is InChI=1S/C15H19N3O/c1-2-11-7-8-13(19-11)15-17-12(9-14(16)18-15)10-5-3-4-6-10/h7-10H,2-6H2,1H3,(H2,16,17,18). The number of nitrogens with zero attached hydrogens (tertiary/aromatic N) is 2. The average Bonchev–Trinajstić information content (AvgIpc) is 3.09. The Labute approximate surface area is 113 Å². The molecule has 1 aliphatic rings.